The third kappa shape index (κ3) is 17.6. The lowest BCUT2D eigenvalue weighted by Gasteiger charge is -2.19. The van der Waals surface area contributed by atoms with E-state index in [0.29, 0.717) is 43.3 Å². The van der Waals surface area contributed by atoms with Crippen LogP contribution in [0.25, 0.3) is 0 Å². The van der Waals surface area contributed by atoms with Crippen molar-refractivity contribution in [2.45, 2.75) is 124 Å². The van der Waals surface area contributed by atoms with Crippen molar-refractivity contribution in [3.8, 4) is 0 Å². The van der Waals surface area contributed by atoms with Gasteiger partial charge < -0.3 is 15.6 Å². The Hall–Kier alpha value is -6.71. The molecule has 5 heterocycles. The van der Waals surface area contributed by atoms with Gasteiger partial charge in [0.25, 0.3) is 0 Å². The number of aryl methyl sites for hydroxylation is 6. The molecule has 410 valence electrons. The molecular formula is C65H71Br2N7O3S2. The molecule has 0 amide bonds. The van der Waals surface area contributed by atoms with Crippen LogP contribution in [0.4, 0.5) is 17.1 Å². The van der Waals surface area contributed by atoms with Crippen LogP contribution in [0.1, 0.15) is 120 Å². The number of H-pyrrole nitrogens is 1. The number of benzene rings is 6. The van der Waals surface area contributed by atoms with Crippen molar-refractivity contribution >= 4 is 96.0 Å². The zero-order valence-electron chi connectivity index (χ0n) is 43.3. The number of hydrogen-bond donors (Lipinski definition) is 3. The number of hydrogen-bond acceptors (Lipinski definition) is 11. The van der Waals surface area contributed by atoms with Gasteiger partial charge in [-0.25, -0.2) is 15.0 Å². The summed E-state index contributed by atoms with van der Waals surface area (Å²) in [4.78, 5) is 57.9. The number of aromatic amines is 1. The average Bonchev–Trinajstić information content (AvgIpc) is 3.84. The molecule has 6 aromatic carbocycles. The largest absolute Gasteiger partial charge is 0.378 e. The van der Waals surface area contributed by atoms with Gasteiger partial charge in [0, 0.05) is 88.5 Å². The molecule has 14 heteroatoms. The zero-order valence-corrected chi connectivity index (χ0v) is 48.1. The number of rotatable bonds is 5. The number of fused-ring (bicyclic) bond motifs is 3. The Balaban J connectivity index is 0.000000203. The molecule has 2 aromatic heterocycles. The second kappa shape index (κ2) is 29.5. The summed E-state index contributed by atoms with van der Waals surface area (Å²) in [6.45, 7) is 12.6. The smallest absolute Gasteiger partial charge is 0.196 e. The first kappa shape index (κ1) is 63.1. The molecule has 0 spiro atoms. The van der Waals surface area contributed by atoms with Crippen LogP contribution in [-0.4, -0.2) is 43.0 Å². The lowest BCUT2D eigenvalue weighted by Crippen LogP contribution is -2.13. The van der Waals surface area contributed by atoms with E-state index in [4.69, 9.17) is 4.99 Å². The maximum absolute atomic E-state index is 12.5. The van der Waals surface area contributed by atoms with Gasteiger partial charge in [-0.2, -0.15) is 0 Å². The molecule has 2 atom stereocenters. The van der Waals surface area contributed by atoms with Crippen molar-refractivity contribution in [2.24, 2.45) is 4.99 Å². The van der Waals surface area contributed by atoms with Crippen LogP contribution < -0.4 is 10.6 Å². The van der Waals surface area contributed by atoms with E-state index in [1.54, 1.807) is 30.9 Å². The van der Waals surface area contributed by atoms with E-state index >= 15 is 0 Å². The van der Waals surface area contributed by atoms with Gasteiger partial charge in [0.15, 0.2) is 9.93 Å². The van der Waals surface area contributed by atoms with Crippen molar-refractivity contribution in [3.63, 3.8) is 0 Å². The molecule has 0 saturated heterocycles. The van der Waals surface area contributed by atoms with Gasteiger partial charge >= 0.3 is 0 Å². The predicted octanol–water partition coefficient (Wildman–Crippen LogP) is 17.4. The first-order chi connectivity index (χ1) is 36.5. The lowest BCUT2D eigenvalue weighted by atomic mass is 9.99. The third-order valence-electron chi connectivity index (χ3n) is 13.4. The average molecular weight is 1220 g/mol. The summed E-state index contributed by atoms with van der Waals surface area (Å²) in [5, 5.41) is 7.88. The summed E-state index contributed by atoms with van der Waals surface area (Å²) in [5.74, 6) is 0.768. The highest BCUT2D eigenvalue weighted by atomic mass is 79.9. The lowest BCUT2D eigenvalue weighted by molar-refractivity contribution is -0.119. The topological polar surface area (TPSA) is 142 Å². The Morgan fingerprint density at radius 1 is 0.519 bits per heavy atom. The fourth-order valence-electron chi connectivity index (χ4n) is 9.08. The maximum Gasteiger partial charge on any atom is 0.196 e. The Bertz CT molecular complexity index is 3510. The second-order valence-electron chi connectivity index (χ2n) is 19.3. The predicted molar refractivity (Wildman–Crippen MR) is 337 cm³/mol. The van der Waals surface area contributed by atoms with Crippen LogP contribution in [0, 0.1) is 46.3 Å². The van der Waals surface area contributed by atoms with E-state index in [-0.39, 0.29) is 51.7 Å². The fraction of sp³-hybridized carbons (Fsp3) is 0.262. The number of halogens is 2. The molecule has 10 nitrogen and oxygen atoms in total. The molecular weight excluding hydrogens is 1150 g/mol. The van der Waals surface area contributed by atoms with Crippen LogP contribution >= 0.6 is 55.8 Å². The van der Waals surface area contributed by atoms with Crippen LogP contribution in [0.3, 0.4) is 0 Å². The van der Waals surface area contributed by atoms with Gasteiger partial charge in [0.05, 0.1) is 23.5 Å². The zero-order chi connectivity index (χ0) is 53.9. The molecule has 79 heavy (non-hydrogen) atoms. The summed E-state index contributed by atoms with van der Waals surface area (Å²) < 4.78 is 2.57. The van der Waals surface area contributed by atoms with Crippen LogP contribution in [0.5, 0.6) is 0 Å². The number of carbonyl (C=O) groups excluding carboxylic acids is 3. The minimum absolute atomic E-state index is 0. The van der Waals surface area contributed by atoms with E-state index in [1.807, 2.05) is 54.6 Å². The summed E-state index contributed by atoms with van der Waals surface area (Å²) in [5.41, 5.74) is 17.8. The van der Waals surface area contributed by atoms with Gasteiger partial charge in [-0.05, 0) is 199 Å². The number of nitrogens with zero attached hydrogens (tertiary/aromatic N) is 4. The van der Waals surface area contributed by atoms with Gasteiger partial charge in [-0.3, -0.25) is 19.4 Å². The minimum atomic E-state index is -0.0295. The number of carbonyl (C=O) groups is 3. The second-order valence-corrected chi connectivity index (χ2v) is 22.6. The number of Topliss-reactive ketones (excluding diaryl/α,β-unsaturated/α-hetero) is 3. The molecule has 8 aromatic rings. The van der Waals surface area contributed by atoms with Gasteiger partial charge in [0.2, 0.25) is 0 Å². The van der Waals surface area contributed by atoms with Gasteiger partial charge in [0.1, 0.15) is 17.3 Å². The fourth-order valence-corrected chi connectivity index (χ4v) is 10.8. The Kier molecular flexibility index (Phi) is 23.6. The van der Waals surface area contributed by atoms with E-state index in [1.165, 1.54) is 45.1 Å². The van der Waals surface area contributed by atoms with E-state index in [2.05, 4.69) is 177 Å². The molecule has 0 saturated carbocycles. The normalized spacial score (nSPS) is 14.9. The van der Waals surface area contributed by atoms with Crippen molar-refractivity contribution in [1.29, 1.82) is 0 Å². The Morgan fingerprint density at radius 3 is 1.54 bits per heavy atom. The number of aliphatic imine (C=N–C) groups is 1. The molecule has 0 aliphatic carbocycles. The van der Waals surface area contributed by atoms with Gasteiger partial charge in [-0.15, -0.1) is 0 Å². The van der Waals surface area contributed by atoms with E-state index in [0.717, 1.165) is 75.2 Å². The number of ketones is 3. The molecule has 3 aliphatic heterocycles. The highest BCUT2D eigenvalue weighted by Gasteiger charge is 2.25. The van der Waals surface area contributed by atoms with Crippen LogP contribution in [0.2, 0.25) is 0 Å². The molecule has 0 fully saturated rings. The first-order valence-electron chi connectivity index (χ1n) is 25.1. The minimum Gasteiger partial charge on any atom is -0.378 e. The van der Waals surface area contributed by atoms with Crippen molar-refractivity contribution in [2.75, 3.05) is 10.6 Å². The monoisotopic (exact) mass is 1220 g/mol. The molecule has 11 rings (SSSR count). The van der Waals surface area contributed by atoms with Crippen molar-refractivity contribution in [1.82, 2.24) is 19.9 Å². The summed E-state index contributed by atoms with van der Waals surface area (Å²) in [6, 6.07) is 40.8. The summed E-state index contributed by atoms with van der Waals surface area (Å²) >= 11 is 13.2. The third-order valence-corrected chi connectivity index (χ3v) is 15.5. The highest BCUT2D eigenvalue weighted by Crippen LogP contribution is 2.36. The number of nitrogens with one attached hydrogen (secondary N) is 3. The molecule has 0 bridgehead atoms. The quantitative estimate of drug-likeness (QED) is 0.113. The van der Waals surface area contributed by atoms with E-state index in [9.17, 15) is 14.4 Å². The molecule has 2 unspecified atom stereocenters. The van der Waals surface area contributed by atoms with Crippen LogP contribution in [0.15, 0.2) is 170 Å². The summed E-state index contributed by atoms with van der Waals surface area (Å²) in [7, 11) is 0. The van der Waals surface area contributed by atoms with Crippen LogP contribution in [-0.2, 0) is 33.6 Å². The number of anilines is 2. The number of aromatic nitrogens is 4. The summed E-state index contributed by atoms with van der Waals surface area (Å²) in [6.07, 6.45) is 9.78. The Morgan fingerprint density at radius 2 is 1.01 bits per heavy atom. The molecule has 3 N–H and O–H groups in total. The SMILES string of the molecule is C.C.C.Cc1cc2c(cc1C)N=C(c1cccc(Br)c1)CC(=O)C2.Cc1cc2c(cc1C)NC(c1cccc(Br)c1)CC(=O)C2.Cc1cc2c(cc1C)NC(c1cccc(Sc3ncccn3)c1)CC(=O)C2.S=c1nccc[nH]1. The molecule has 0 radical (unpaired) electrons. The van der Waals surface area contributed by atoms with E-state index < -0.39 is 0 Å². The highest BCUT2D eigenvalue weighted by molar-refractivity contribution is 9.10. The van der Waals surface area contributed by atoms with Gasteiger partial charge in [-0.1, -0.05) is 109 Å². The maximum atomic E-state index is 12.5. The van der Waals surface area contributed by atoms with Crippen molar-refractivity contribution < 1.29 is 14.4 Å². The standard InChI is InChI=1S/C22H21N3OS.C18H18BrNO.C18H16BrNO.C4H4N2S.3CH4/c1-14-9-17-11-18(26)13-21(25-20(17)10-15(14)2)16-5-3-6-19(12-16)27-22-23-7-4-8-24-22;2*1-11-6-14-9-16(21)10-18(20-17(14)7-12(11)2)13-4-3-5-15(19)8-13;7-4-5-2-1-3-6-4;;;/h3-10,12,21,25H,11,13H2,1-2H3;3-8,18,20H,9-10H2,1-2H3;3-8H,9-10H2,1-2H3;1-3H,(H,5,6,7);3*1H4. The first-order valence-corrected chi connectivity index (χ1v) is 27.9. The van der Waals surface area contributed by atoms with Crippen molar-refractivity contribution in [3.05, 3.63) is 227 Å². The molecule has 3 aliphatic rings. The Labute approximate surface area is 493 Å².